The molecule has 80 valence electrons. The second-order valence-corrected chi connectivity index (χ2v) is 3.85. The van der Waals surface area contributed by atoms with E-state index in [2.05, 4.69) is 9.97 Å². The molecular formula is C9H9ClN2O3. The molecule has 2 rings (SSSR count). The van der Waals surface area contributed by atoms with Gasteiger partial charge in [-0.05, 0) is 12.8 Å². The van der Waals surface area contributed by atoms with Crippen LogP contribution in [-0.2, 0) is 10.2 Å². The summed E-state index contributed by atoms with van der Waals surface area (Å²) in [6.45, 7) is 0. The molecule has 0 unspecified atom stereocenters. The van der Waals surface area contributed by atoms with E-state index in [9.17, 15) is 4.79 Å². The summed E-state index contributed by atoms with van der Waals surface area (Å²) in [6, 6.07) is 0.141. The van der Waals surface area contributed by atoms with Crippen molar-refractivity contribution in [2.45, 2.75) is 18.3 Å². The van der Waals surface area contributed by atoms with Crippen LogP contribution in [0.3, 0.4) is 0 Å². The van der Waals surface area contributed by atoms with Crippen molar-refractivity contribution >= 4 is 17.6 Å². The van der Waals surface area contributed by atoms with E-state index >= 15 is 0 Å². The Morgan fingerprint density at radius 1 is 1.67 bits per heavy atom. The number of nitrogens with zero attached hydrogens (tertiary/aromatic N) is 2. The van der Waals surface area contributed by atoms with Crippen LogP contribution in [0.15, 0.2) is 6.20 Å². The quantitative estimate of drug-likeness (QED) is 0.843. The Hall–Kier alpha value is -1.36. The van der Waals surface area contributed by atoms with Crippen LogP contribution in [-0.4, -0.2) is 28.2 Å². The lowest BCUT2D eigenvalue weighted by atomic mass is 10.0. The van der Waals surface area contributed by atoms with Crippen LogP contribution in [0.25, 0.3) is 0 Å². The van der Waals surface area contributed by atoms with Crippen molar-refractivity contribution in [3.63, 3.8) is 0 Å². The summed E-state index contributed by atoms with van der Waals surface area (Å²) in [4.78, 5) is 18.9. The molecule has 1 heterocycles. The molecule has 0 atom stereocenters. The summed E-state index contributed by atoms with van der Waals surface area (Å²) in [6.07, 6.45) is 2.48. The van der Waals surface area contributed by atoms with Crippen molar-refractivity contribution in [2.24, 2.45) is 0 Å². The SMILES string of the molecule is COc1ncc(Cl)c(C2(C(=O)O)CC2)n1. The number of carbonyl (C=O) groups is 1. The lowest BCUT2D eigenvalue weighted by Gasteiger charge is -2.11. The van der Waals surface area contributed by atoms with E-state index in [0.717, 1.165) is 0 Å². The van der Waals surface area contributed by atoms with Crippen LogP contribution >= 0.6 is 11.6 Å². The van der Waals surface area contributed by atoms with Gasteiger partial charge >= 0.3 is 12.0 Å². The third-order valence-corrected chi connectivity index (χ3v) is 2.79. The van der Waals surface area contributed by atoms with E-state index in [0.29, 0.717) is 18.5 Å². The van der Waals surface area contributed by atoms with Crippen LogP contribution in [0.2, 0.25) is 5.02 Å². The Kier molecular flexibility index (Phi) is 2.26. The summed E-state index contributed by atoms with van der Waals surface area (Å²) in [7, 11) is 1.42. The second-order valence-electron chi connectivity index (χ2n) is 3.44. The van der Waals surface area contributed by atoms with Gasteiger partial charge in [-0.15, -0.1) is 0 Å². The first-order valence-corrected chi connectivity index (χ1v) is 4.78. The Morgan fingerprint density at radius 2 is 2.33 bits per heavy atom. The Bertz CT molecular complexity index is 418. The maximum Gasteiger partial charge on any atom is 0.316 e. The van der Waals surface area contributed by atoms with Gasteiger partial charge in [0.05, 0.1) is 24.0 Å². The molecular weight excluding hydrogens is 220 g/mol. The topological polar surface area (TPSA) is 72.3 Å². The van der Waals surface area contributed by atoms with Crippen molar-refractivity contribution < 1.29 is 14.6 Å². The van der Waals surface area contributed by atoms with Crippen LogP contribution < -0.4 is 4.74 Å². The summed E-state index contributed by atoms with van der Waals surface area (Å²) in [5.74, 6) is -0.898. The predicted molar refractivity (Wildman–Crippen MR) is 52.1 cm³/mol. The molecule has 0 spiro atoms. The molecule has 1 aromatic rings. The molecule has 15 heavy (non-hydrogen) atoms. The first-order valence-electron chi connectivity index (χ1n) is 4.40. The minimum Gasteiger partial charge on any atom is -0.481 e. The van der Waals surface area contributed by atoms with Crippen LogP contribution in [0.5, 0.6) is 6.01 Å². The van der Waals surface area contributed by atoms with E-state index in [1.54, 1.807) is 0 Å². The number of ether oxygens (including phenoxy) is 1. The van der Waals surface area contributed by atoms with Gasteiger partial charge in [0.1, 0.15) is 5.41 Å². The largest absolute Gasteiger partial charge is 0.481 e. The molecule has 0 saturated heterocycles. The first-order chi connectivity index (χ1) is 7.10. The zero-order valence-electron chi connectivity index (χ0n) is 8.03. The smallest absolute Gasteiger partial charge is 0.316 e. The summed E-state index contributed by atoms with van der Waals surface area (Å²) in [5.41, 5.74) is -0.573. The molecule has 1 fully saturated rings. The molecule has 1 aromatic heterocycles. The zero-order valence-corrected chi connectivity index (χ0v) is 8.78. The monoisotopic (exact) mass is 228 g/mol. The van der Waals surface area contributed by atoms with Gasteiger partial charge in [-0.2, -0.15) is 4.98 Å². The minimum atomic E-state index is -0.923. The molecule has 1 aliphatic carbocycles. The lowest BCUT2D eigenvalue weighted by Crippen LogP contribution is -2.21. The molecule has 6 heteroatoms. The van der Waals surface area contributed by atoms with Crippen LogP contribution in [0.4, 0.5) is 0 Å². The lowest BCUT2D eigenvalue weighted by molar-refractivity contribution is -0.140. The van der Waals surface area contributed by atoms with Crippen molar-refractivity contribution in [1.29, 1.82) is 0 Å². The maximum absolute atomic E-state index is 11.1. The highest BCUT2D eigenvalue weighted by atomic mass is 35.5. The van der Waals surface area contributed by atoms with E-state index in [1.165, 1.54) is 13.3 Å². The number of rotatable bonds is 3. The fourth-order valence-corrected chi connectivity index (χ4v) is 1.73. The Balaban J connectivity index is 2.47. The standard InChI is InChI=1S/C9H9ClN2O3/c1-15-8-11-4-5(10)6(12-8)9(2-3-9)7(13)14/h4H,2-3H2,1H3,(H,13,14). The number of hydrogen-bond donors (Lipinski definition) is 1. The average Bonchev–Trinajstić information content (AvgIpc) is 2.99. The molecule has 0 radical (unpaired) electrons. The Morgan fingerprint density at radius 3 is 2.80 bits per heavy atom. The summed E-state index contributed by atoms with van der Waals surface area (Å²) in [5, 5.41) is 9.36. The molecule has 1 saturated carbocycles. The van der Waals surface area contributed by atoms with Gasteiger partial charge in [0, 0.05) is 0 Å². The fraction of sp³-hybridized carbons (Fsp3) is 0.444. The van der Waals surface area contributed by atoms with Crippen molar-refractivity contribution in [3.8, 4) is 6.01 Å². The van der Waals surface area contributed by atoms with Crippen molar-refractivity contribution in [1.82, 2.24) is 9.97 Å². The van der Waals surface area contributed by atoms with Gasteiger partial charge in [0.2, 0.25) is 0 Å². The highest BCUT2D eigenvalue weighted by Gasteiger charge is 2.54. The van der Waals surface area contributed by atoms with Gasteiger partial charge in [-0.25, -0.2) is 4.98 Å². The first kappa shape index (κ1) is 10.2. The number of aromatic nitrogens is 2. The van der Waals surface area contributed by atoms with Gasteiger partial charge in [0.15, 0.2) is 0 Å². The molecule has 0 aromatic carbocycles. The number of halogens is 1. The normalized spacial score (nSPS) is 17.2. The second kappa shape index (κ2) is 3.34. The molecule has 0 bridgehead atoms. The average molecular weight is 229 g/mol. The van der Waals surface area contributed by atoms with E-state index < -0.39 is 11.4 Å². The van der Waals surface area contributed by atoms with E-state index in [4.69, 9.17) is 21.4 Å². The van der Waals surface area contributed by atoms with Crippen molar-refractivity contribution in [3.05, 3.63) is 16.9 Å². The van der Waals surface area contributed by atoms with Gasteiger partial charge in [0.25, 0.3) is 0 Å². The van der Waals surface area contributed by atoms with Gasteiger partial charge in [-0.1, -0.05) is 11.6 Å². The predicted octanol–water partition coefficient (Wildman–Crippen LogP) is 1.25. The molecule has 1 N–H and O–H groups in total. The third-order valence-electron chi connectivity index (χ3n) is 2.52. The van der Waals surface area contributed by atoms with Crippen molar-refractivity contribution in [2.75, 3.05) is 7.11 Å². The highest BCUT2D eigenvalue weighted by molar-refractivity contribution is 6.31. The number of aliphatic carboxylic acids is 1. The number of carboxylic acids is 1. The van der Waals surface area contributed by atoms with Gasteiger partial charge in [-0.3, -0.25) is 4.79 Å². The fourth-order valence-electron chi connectivity index (χ4n) is 1.46. The van der Waals surface area contributed by atoms with E-state index in [-0.39, 0.29) is 11.0 Å². The van der Waals surface area contributed by atoms with Crippen LogP contribution in [0, 0.1) is 0 Å². The molecule has 0 aliphatic heterocycles. The summed E-state index contributed by atoms with van der Waals surface area (Å²) < 4.78 is 4.84. The van der Waals surface area contributed by atoms with Gasteiger partial charge < -0.3 is 9.84 Å². The highest BCUT2D eigenvalue weighted by Crippen LogP contribution is 2.49. The Labute approximate surface area is 91.1 Å². The zero-order chi connectivity index (χ0) is 11.1. The molecule has 5 nitrogen and oxygen atoms in total. The number of methoxy groups -OCH3 is 1. The number of carboxylic acid groups (broad SMARTS) is 1. The number of hydrogen-bond acceptors (Lipinski definition) is 4. The minimum absolute atomic E-state index is 0.141. The molecule has 1 aliphatic rings. The third kappa shape index (κ3) is 1.52. The molecule has 0 amide bonds. The van der Waals surface area contributed by atoms with E-state index in [1.807, 2.05) is 0 Å². The van der Waals surface area contributed by atoms with Crippen LogP contribution in [0.1, 0.15) is 18.5 Å². The summed E-state index contributed by atoms with van der Waals surface area (Å²) >= 11 is 5.88. The maximum atomic E-state index is 11.1.